The van der Waals surface area contributed by atoms with Crippen LogP contribution < -0.4 is 15.8 Å². The first kappa shape index (κ1) is 13.1. The lowest BCUT2D eigenvalue weighted by molar-refractivity contribution is 0.527. The predicted molar refractivity (Wildman–Crippen MR) is 80.3 cm³/mol. The number of hydrogen-bond acceptors (Lipinski definition) is 4. The van der Waals surface area contributed by atoms with Crippen molar-refractivity contribution in [2.45, 2.75) is 13.3 Å². The molecule has 0 aliphatic carbocycles. The standard InChI is InChI=1S/C15H20N4O/c1-2-16-10-12-6-8-18(11-12)14-9-15(20)19-7-4-3-5-13(19)17-14/h3-5,7,9,12,16H,2,6,8,10-11H2,1H3/t12-/m0/s1. The second-order valence-electron chi connectivity index (χ2n) is 5.29. The smallest absolute Gasteiger partial charge is 0.259 e. The van der Waals surface area contributed by atoms with Crippen molar-refractivity contribution in [1.29, 1.82) is 0 Å². The van der Waals surface area contributed by atoms with Gasteiger partial charge < -0.3 is 10.2 Å². The van der Waals surface area contributed by atoms with Gasteiger partial charge in [-0.05, 0) is 37.6 Å². The zero-order chi connectivity index (χ0) is 13.9. The molecule has 0 radical (unpaired) electrons. The second-order valence-corrected chi connectivity index (χ2v) is 5.29. The van der Waals surface area contributed by atoms with Crippen LogP contribution in [-0.4, -0.2) is 35.6 Å². The first-order valence-corrected chi connectivity index (χ1v) is 7.22. The maximum absolute atomic E-state index is 12.1. The Morgan fingerprint density at radius 1 is 1.45 bits per heavy atom. The van der Waals surface area contributed by atoms with E-state index in [2.05, 4.69) is 22.1 Å². The molecule has 106 valence electrons. The molecule has 0 unspecified atom stereocenters. The molecular weight excluding hydrogens is 252 g/mol. The van der Waals surface area contributed by atoms with Gasteiger partial charge in [-0.3, -0.25) is 9.20 Å². The molecule has 1 atom stereocenters. The largest absolute Gasteiger partial charge is 0.356 e. The number of anilines is 1. The van der Waals surface area contributed by atoms with Gasteiger partial charge in [0.05, 0.1) is 0 Å². The summed E-state index contributed by atoms with van der Waals surface area (Å²) < 4.78 is 1.58. The van der Waals surface area contributed by atoms with Crippen LogP contribution >= 0.6 is 0 Å². The van der Waals surface area contributed by atoms with Gasteiger partial charge >= 0.3 is 0 Å². The van der Waals surface area contributed by atoms with Crippen molar-refractivity contribution in [2.24, 2.45) is 5.92 Å². The van der Waals surface area contributed by atoms with Gasteiger partial charge in [0.25, 0.3) is 5.56 Å². The third kappa shape index (κ3) is 2.54. The highest BCUT2D eigenvalue weighted by atomic mass is 16.1. The molecule has 1 saturated heterocycles. The van der Waals surface area contributed by atoms with Crippen LogP contribution in [0.2, 0.25) is 0 Å². The minimum absolute atomic E-state index is 0.0132. The highest BCUT2D eigenvalue weighted by molar-refractivity contribution is 5.48. The molecule has 2 aromatic rings. The number of fused-ring (bicyclic) bond motifs is 1. The molecular formula is C15H20N4O. The number of hydrogen-bond donors (Lipinski definition) is 1. The molecule has 20 heavy (non-hydrogen) atoms. The summed E-state index contributed by atoms with van der Waals surface area (Å²) >= 11 is 0. The summed E-state index contributed by atoms with van der Waals surface area (Å²) in [6.07, 6.45) is 2.91. The number of nitrogens with zero attached hydrogens (tertiary/aromatic N) is 3. The third-order valence-corrected chi connectivity index (χ3v) is 3.85. The van der Waals surface area contributed by atoms with Gasteiger partial charge in [0, 0.05) is 25.4 Å². The van der Waals surface area contributed by atoms with Crippen LogP contribution in [0.15, 0.2) is 35.3 Å². The van der Waals surface area contributed by atoms with Crippen molar-refractivity contribution in [3.05, 3.63) is 40.8 Å². The Labute approximate surface area is 118 Å². The molecule has 0 amide bonds. The molecule has 1 fully saturated rings. The zero-order valence-corrected chi connectivity index (χ0v) is 11.7. The first-order valence-electron chi connectivity index (χ1n) is 7.22. The lowest BCUT2D eigenvalue weighted by atomic mass is 10.1. The van der Waals surface area contributed by atoms with Crippen LogP contribution in [0.5, 0.6) is 0 Å². The summed E-state index contributed by atoms with van der Waals surface area (Å²) in [5, 5.41) is 3.39. The van der Waals surface area contributed by atoms with Gasteiger partial charge in [0.2, 0.25) is 0 Å². The Morgan fingerprint density at radius 3 is 3.20 bits per heavy atom. The molecule has 1 aliphatic rings. The van der Waals surface area contributed by atoms with Crippen molar-refractivity contribution < 1.29 is 0 Å². The predicted octanol–water partition coefficient (Wildman–Crippen LogP) is 1.13. The van der Waals surface area contributed by atoms with E-state index in [1.165, 1.54) is 0 Å². The van der Waals surface area contributed by atoms with Gasteiger partial charge in [0.15, 0.2) is 0 Å². The normalized spacial score (nSPS) is 18.9. The quantitative estimate of drug-likeness (QED) is 0.906. The molecule has 1 aliphatic heterocycles. The number of rotatable bonds is 4. The van der Waals surface area contributed by atoms with Gasteiger partial charge in [-0.1, -0.05) is 13.0 Å². The molecule has 5 heteroatoms. The number of aromatic nitrogens is 2. The third-order valence-electron chi connectivity index (χ3n) is 3.85. The minimum Gasteiger partial charge on any atom is -0.356 e. The zero-order valence-electron chi connectivity index (χ0n) is 11.7. The molecule has 3 heterocycles. The molecule has 0 aromatic carbocycles. The SMILES string of the molecule is CCNC[C@@H]1CCN(c2cc(=O)n3ccccc3n2)C1. The van der Waals surface area contributed by atoms with Crippen LogP contribution in [0, 0.1) is 5.92 Å². The lowest BCUT2D eigenvalue weighted by Gasteiger charge is -2.18. The Hall–Kier alpha value is -1.88. The van der Waals surface area contributed by atoms with E-state index in [4.69, 9.17) is 0 Å². The van der Waals surface area contributed by atoms with E-state index in [9.17, 15) is 4.79 Å². The van der Waals surface area contributed by atoms with Gasteiger partial charge in [-0.25, -0.2) is 4.98 Å². The van der Waals surface area contributed by atoms with E-state index < -0.39 is 0 Å². The monoisotopic (exact) mass is 272 g/mol. The molecule has 5 nitrogen and oxygen atoms in total. The number of pyridine rings is 1. The maximum Gasteiger partial charge on any atom is 0.259 e. The maximum atomic E-state index is 12.1. The fourth-order valence-corrected chi connectivity index (χ4v) is 2.76. The Morgan fingerprint density at radius 2 is 2.35 bits per heavy atom. The average molecular weight is 272 g/mol. The fourth-order valence-electron chi connectivity index (χ4n) is 2.76. The molecule has 0 bridgehead atoms. The summed E-state index contributed by atoms with van der Waals surface area (Å²) in [4.78, 5) is 18.9. The Bertz CT molecular complexity index is 652. The molecule has 1 N–H and O–H groups in total. The molecule has 0 saturated carbocycles. The first-order chi connectivity index (χ1) is 9.78. The van der Waals surface area contributed by atoms with E-state index in [1.54, 1.807) is 16.7 Å². The van der Waals surface area contributed by atoms with Crippen LogP contribution in [-0.2, 0) is 0 Å². The molecule has 0 spiro atoms. The highest BCUT2D eigenvalue weighted by Crippen LogP contribution is 2.21. The summed E-state index contributed by atoms with van der Waals surface area (Å²) in [5.41, 5.74) is 0.700. The average Bonchev–Trinajstić information content (AvgIpc) is 2.94. The molecule has 2 aromatic heterocycles. The van der Waals surface area contributed by atoms with Gasteiger partial charge in [-0.15, -0.1) is 0 Å². The minimum atomic E-state index is -0.0132. The summed E-state index contributed by atoms with van der Waals surface area (Å²) in [6.45, 7) is 6.12. The molecule has 3 rings (SSSR count). The van der Waals surface area contributed by atoms with Crippen molar-refractivity contribution in [3.8, 4) is 0 Å². The lowest BCUT2D eigenvalue weighted by Crippen LogP contribution is -2.28. The summed E-state index contributed by atoms with van der Waals surface area (Å²) in [5.74, 6) is 1.45. The summed E-state index contributed by atoms with van der Waals surface area (Å²) in [6, 6.07) is 7.27. The van der Waals surface area contributed by atoms with Gasteiger partial charge in [0.1, 0.15) is 11.5 Å². The second kappa shape index (κ2) is 5.63. The van der Waals surface area contributed by atoms with Crippen LogP contribution in [0.25, 0.3) is 5.65 Å². The van der Waals surface area contributed by atoms with Crippen LogP contribution in [0.3, 0.4) is 0 Å². The van der Waals surface area contributed by atoms with Crippen molar-refractivity contribution in [2.75, 3.05) is 31.1 Å². The van der Waals surface area contributed by atoms with Crippen molar-refractivity contribution in [1.82, 2.24) is 14.7 Å². The van der Waals surface area contributed by atoms with E-state index in [-0.39, 0.29) is 5.56 Å². The fraction of sp³-hybridized carbons (Fsp3) is 0.467. The van der Waals surface area contributed by atoms with E-state index >= 15 is 0 Å². The van der Waals surface area contributed by atoms with Gasteiger partial charge in [-0.2, -0.15) is 0 Å². The van der Waals surface area contributed by atoms with Crippen LogP contribution in [0.1, 0.15) is 13.3 Å². The van der Waals surface area contributed by atoms with Crippen LogP contribution in [0.4, 0.5) is 5.82 Å². The van der Waals surface area contributed by atoms with E-state index in [1.807, 2.05) is 18.2 Å². The summed E-state index contributed by atoms with van der Waals surface area (Å²) in [7, 11) is 0. The number of nitrogens with one attached hydrogen (secondary N) is 1. The van der Waals surface area contributed by atoms with Crippen molar-refractivity contribution >= 4 is 11.5 Å². The Balaban J connectivity index is 1.83. The Kier molecular flexibility index (Phi) is 3.69. The van der Waals surface area contributed by atoms with E-state index in [0.717, 1.165) is 38.4 Å². The highest BCUT2D eigenvalue weighted by Gasteiger charge is 2.23. The topological polar surface area (TPSA) is 49.6 Å². The van der Waals surface area contributed by atoms with E-state index in [0.29, 0.717) is 11.6 Å². The van der Waals surface area contributed by atoms with Crippen molar-refractivity contribution in [3.63, 3.8) is 0 Å².